The van der Waals surface area contributed by atoms with Gasteiger partial charge in [-0.3, -0.25) is 4.79 Å². The molecule has 3 fully saturated rings. The third kappa shape index (κ3) is 2.06. The second-order valence-corrected chi connectivity index (χ2v) is 6.13. The van der Waals surface area contributed by atoms with Crippen LogP contribution in [0.4, 0.5) is 0 Å². The summed E-state index contributed by atoms with van der Waals surface area (Å²) in [7, 11) is 0. The first-order chi connectivity index (χ1) is 9.83. The highest BCUT2D eigenvalue weighted by atomic mass is 16.6. The molecule has 3 heteroatoms. The molecule has 4 rings (SSSR count). The molecule has 1 aromatic carbocycles. The summed E-state index contributed by atoms with van der Waals surface area (Å²) in [5.74, 6) is 1.54. The second-order valence-electron chi connectivity index (χ2n) is 6.13. The highest BCUT2D eigenvalue weighted by molar-refractivity contribution is 5.80. The van der Waals surface area contributed by atoms with E-state index in [1.54, 1.807) is 0 Å². The monoisotopic (exact) mass is 269 g/mol. The maximum absolute atomic E-state index is 12.2. The van der Waals surface area contributed by atoms with Gasteiger partial charge >= 0.3 is 0 Å². The van der Waals surface area contributed by atoms with E-state index in [0.717, 1.165) is 12.0 Å². The third-order valence-corrected chi connectivity index (χ3v) is 4.94. The standard InChI is InChI=1S/C17H19NO2/c19-17(14-10-12-9-13(14)16-15(12)20-16)18-8-4-7-11-5-2-1-3-6-11/h1-7,12-16H,8-10H2,(H,18,19). The number of hydrogen-bond acceptors (Lipinski definition) is 2. The molecule has 1 N–H and O–H groups in total. The van der Waals surface area contributed by atoms with Crippen molar-refractivity contribution in [2.75, 3.05) is 6.54 Å². The van der Waals surface area contributed by atoms with Gasteiger partial charge in [0.25, 0.3) is 0 Å². The van der Waals surface area contributed by atoms with E-state index in [9.17, 15) is 4.79 Å². The number of carbonyl (C=O) groups excluding carboxylic acids is 1. The van der Waals surface area contributed by atoms with Crippen molar-refractivity contribution in [2.45, 2.75) is 25.0 Å². The molecule has 1 aromatic rings. The smallest absolute Gasteiger partial charge is 0.223 e. The summed E-state index contributed by atoms with van der Waals surface area (Å²) in [4.78, 5) is 12.2. The number of epoxide rings is 1. The minimum Gasteiger partial charge on any atom is -0.369 e. The summed E-state index contributed by atoms with van der Waals surface area (Å²) >= 11 is 0. The van der Waals surface area contributed by atoms with Gasteiger partial charge in [-0.05, 0) is 30.2 Å². The number of amides is 1. The molecule has 2 saturated carbocycles. The Morgan fingerprint density at radius 3 is 2.85 bits per heavy atom. The fraction of sp³-hybridized carbons (Fsp3) is 0.471. The van der Waals surface area contributed by atoms with E-state index in [-0.39, 0.29) is 11.8 Å². The van der Waals surface area contributed by atoms with Gasteiger partial charge in [0.05, 0.1) is 12.2 Å². The van der Waals surface area contributed by atoms with Gasteiger partial charge in [-0.25, -0.2) is 0 Å². The Hall–Kier alpha value is -1.61. The molecule has 0 aromatic heterocycles. The Morgan fingerprint density at radius 2 is 2.10 bits per heavy atom. The van der Waals surface area contributed by atoms with Gasteiger partial charge in [0.2, 0.25) is 5.91 Å². The van der Waals surface area contributed by atoms with Crippen molar-refractivity contribution in [3.05, 3.63) is 42.0 Å². The molecule has 1 saturated heterocycles. The zero-order valence-electron chi connectivity index (χ0n) is 11.4. The lowest BCUT2D eigenvalue weighted by Gasteiger charge is -2.18. The van der Waals surface area contributed by atoms with E-state index in [1.807, 2.05) is 30.4 Å². The van der Waals surface area contributed by atoms with Crippen LogP contribution in [-0.2, 0) is 9.53 Å². The van der Waals surface area contributed by atoms with Crippen molar-refractivity contribution in [1.29, 1.82) is 0 Å². The van der Waals surface area contributed by atoms with Crippen molar-refractivity contribution in [1.82, 2.24) is 5.32 Å². The highest BCUT2D eigenvalue weighted by Gasteiger charge is 2.64. The van der Waals surface area contributed by atoms with Crippen molar-refractivity contribution >= 4 is 12.0 Å². The largest absolute Gasteiger partial charge is 0.369 e. The number of carbonyl (C=O) groups is 1. The van der Waals surface area contributed by atoms with Crippen molar-refractivity contribution in [2.24, 2.45) is 17.8 Å². The maximum Gasteiger partial charge on any atom is 0.223 e. The first-order valence-corrected chi connectivity index (χ1v) is 7.48. The van der Waals surface area contributed by atoms with E-state index in [1.165, 1.54) is 6.42 Å². The average Bonchev–Trinajstić information content (AvgIpc) is 3.09. The topological polar surface area (TPSA) is 41.6 Å². The van der Waals surface area contributed by atoms with Crippen molar-refractivity contribution in [3.8, 4) is 0 Å². The zero-order valence-corrected chi connectivity index (χ0v) is 11.4. The van der Waals surface area contributed by atoms with Crippen LogP contribution in [-0.4, -0.2) is 24.7 Å². The normalized spacial score (nSPS) is 37.1. The van der Waals surface area contributed by atoms with Crippen LogP contribution >= 0.6 is 0 Å². The number of fused-ring (bicyclic) bond motifs is 5. The van der Waals surface area contributed by atoms with Crippen molar-refractivity contribution in [3.63, 3.8) is 0 Å². The van der Waals surface area contributed by atoms with E-state index in [4.69, 9.17) is 4.74 Å². The Bertz CT molecular complexity index is 539. The molecule has 0 spiro atoms. The highest BCUT2D eigenvalue weighted by Crippen LogP contribution is 2.58. The number of hydrogen-bond donors (Lipinski definition) is 1. The van der Waals surface area contributed by atoms with Crippen LogP contribution in [0, 0.1) is 17.8 Å². The van der Waals surface area contributed by atoms with Gasteiger partial charge in [0, 0.05) is 12.5 Å². The Labute approximate surface area is 119 Å². The molecule has 1 aliphatic heterocycles. The van der Waals surface area contributed by atoms with Gasteiger partial charge in [0.1, 0.15) is 0 Å². The maximum atomic E-state index is 12.2. The fourth-order valence-electron chi connectivity index (χ4n) is 3.95. The molecule has 3 nitrogen and oxygen atoms in total. The molecule has 2 bridgehead atoms. The molecule has 1 heterocycles. The van der Waals surface area contributed by atoms with Crippen LogP contribution in [0.1, 0.15) is 18.4 Å². The van der Waals surface area contributed by atoms with Gasteiger partial charge < -0.3 is 10.1 Å². The minimum absolute atomic E-state index is 0.189. The quantitative estimate of drug-likeness (QED) is 0.852. The molecule has 5 unspecified atom stereocenters. The SMILES string of the molecule is O=C(NCC=Cc1ccccc1)C1CC2CC1C1OC21. The molecular formula is C17H19NO2. The van der Waals surface area contributed by atoms with E-state index in [2.05, 4.69) is 17.4 Å². The molecule has 5 atom stereocenters. The summed E-state index contributed by atoms with van der Waals surface area (Å²) in [6.45, 7) is 0.608. The van der Waals surface area contributed by atoms with Gasteiger partial charge in [-0.2, -0.15) is 0 Å². The van der Waals surface area contributed by atoms with Crippen LogP contribution in [0.2, 0.25) is 0 Å². The number of nitrogens with one attached hydrogen (secondary N) is 1. The first-order valence-electron chi connectivity index (χ1n) is 7.48. The molecule has 3 aliphatic rings. The number of rotatable bonds is 4. The average molecular weight is 269 g/mol. The van der Waals surface area contributed by atoms with Crippen LogP contribution in [0.3, 0.4) is 0 Å². The second kappa shape index (κ2) is 4.74. The predicted molar refractivity (Wildman–Crippen MR) is 76.9 cm³/mol. The molecule has 1 amide bonds. The predicted octanol–water partition coefficient (Wildman–Crippen LogP) is 2.24. The zero-order chi connectivity index (χ0) is 13.5. The lowest BCUT2D eigenvalue weighted by atomic mass is 9.88. The van der Waals surface area contributed by atoms with Crippen LogP contribution in [0.5, 0.6) is 0 Å². The molecule has 0 radical (unpaired) electrons. The number of ether oxygens (including phenoxy) is 1. The lowest BCUT2D eigenvalue weighted by Crippen LogP contribution is -2.35. The number of benzene rings is 1. The molecule has 104 valence electrons. The summed E-state index contributed by atoms with van der Waals surface area (Å²) < 4.78 is 5.61. The molecule has 2 aliphatic carbocycles. The van der Waals surface area contributed by atoms with Crippen LogP contribution < -0.4 is 5.32 Å². The van der Waals surface area contributed by atoms with Crippen molar-refractivity contribution < 1.29 is 9.53 Å². The minimum atomic E-state index is 0.189. The summed E-state index contributed by atoms with van der Waals surface area (Å²) in [5.41, 5.74) is 1.16. The van der Waals surface area contributed by atoms with Gasteiger partial charge in [-0.15, -0.1) is 0 Å². The lowest BCUT2D eigenvalue weighted by molar-refractivity contribution is -0.126. The third-order valence-electron chi connectivity index (χ3n) is 4.94. The Balaban J connectivity index is 1.28. The van der Waals surface area contributed by atoms with E-state index in [0.29, 0.717) is 30.6 Å². The summed E-state index contributed by atoms with van der Waals surface area (Å²) in [6, 6.07) is 10.1. The molecule has 20 heavy (non-hydrogen) atoms. The Morgan fingerprint density at radius 1 is 1.25 bits per heavy atom. The van der Waals surface area contributed by atoms with Gasteiger partial charge in [-0.1, -0.05) is 42.5 Å². The van der Waals surface area contributed by atoms with E-state index >= 15 is 0 Å². The summed E-state index contributed by atoms with van der Waals surface area (Å²) in [5, 5.41) is 3.04. The summed E-state index contributed by atoms with van der Waals surface area (Å²) in [6.07, 6.45) is 7.19. The molecular weight excluding hydrogens is 250 g/mol. The van der Waals surface area contributed by atoms with E-state index < -0.39 is 0 Å². The Kier molecular flexibility index (Phi) is 2.88. The fourth-order valence-corrected chi connectivity index (χ4v) is 3.95. The first kappa shape index (κ1) is 12.2. The van der Waals surface area contributed by atoms with Crippen LogP contribution in [0.25, 0.3) is 6.08 Å². The van der Waals surface area contributed by atoms with Gasteiger partial charge in [0.15, 0.2) is 0 Å². The van der Waals surface area contributed by atoms with Crippen LogP contribution in [0.15, 0.2) is 36.4 Å².